The third kappa shape index (κ3) is 2.20. The number of benzene rings is 2. The fourth-order valence-electron chi connectivity index (χ4n) is 5.16. The predicted octanol–water partition coefficient (Wildman–Crippen LogP) is 3.43. The van der Waals surface area contributed by atoms with Crippen molar-refractivity contribution in [3.8, 4) is 11.5 Å². The number of carbonyl (C=O) groups excluding carboxylic acids is 1. The normalized spacial score (nSPS) is 24.7. The molecule has 4 heterocycles. The fraction of sp³-hybridized carbons (Fsp3) is 0.320. The molecule has 0 bridgehead atoms. The standard InChI is InChI=1S/C25H24N2O3/c1-24(2)14-29-21-11-22-19(10-18(21)24)25(15-30-22)17-7-3-4-8-20(17)27(23(25)28)13-16-6-5-9-26-12-16/h3-11,26H,12-15H2,1-2H3. The first kappa shape index (κ1) is 17.6. The number of nitrogens with zero attached hydrogens (tertiary/aromatic N) is 1. The van der Waals surface area contributed by atoms with Gasteiger partial charge in [-0.05, 0) is 35.5 Å². The lowest BCUT2D eigenvalue weighted by molar-refractivity contribution is -0.122. The Labute approximate surface area is 176 Å². The van der Waals surface area contributed by atoms with Crippen LogP contribution in [0.15, 0.2) is 60.3 Å². The average molecular weight is 400 g/mol. The maximum atomic E-state index is 14.0. The molecule has 5 nitrogen and oxygen atoms in total. The Kier molecular flexibility index (Phi) is 3.47. The summed E-state index contributed by atoms with van der Waals surface area (Å²) in [7, 11) is 0. The quantitative estimate of drug-likeness (QED) is 0.839. The van der Waals surface area contributed by atoms with Crippen LogP contribution < -0.4 is 19.7 Å². The highest BCUT2D eigenvalue weighted by Crippen LogP contribution is 2.55. The van der Waals surface area contributed by atoms with Crippen molar-refractivity contribution in [2.75, 3.05) is 31.2 Å². The number of hydrogen-bond acceptors (Lipinski definition) is 4. The average Bonchev–Trinajstić information content (AvgIpc) is 3.36. The molecule has 0 aliphatic carbocycles. The smallest absolute Gasteiger partial charge is 0.246 e. The number of dihydropyridines is 1. The fourth-order valence-corrected chi connectivity index (χ4v) is 5.16. The highest BCUT2D eigenvalue weighted by Gasteiger charge is 2.57. The highest BCUT2D eigenvalue weighted by atomic mass is 16.5. The van der Waals surface area contributed by atoms with Crippen molar-refractivity contribution in [1.29, 1.82) is 0 Å². The number of nitrogens with one attached hydrogen (secondary N) is 1. The van der Waals surface area contributed by atoms with E-state index in [0.29, 0.717) is 19.8 Å². The number of carbonyl (C=O) groups is 1. The molecule has 2 aromatic rings. The van der Waals surface area contributed by atoms with Crippen LogP contribution >= 0.6 is 0 Å². The van der Waals surface area contributed by atoms with Gasteiger partial charge in [-0.1, -0.05) is 38.1 Å². The number of rotatable bonds is 2. The largest absolute Gasteiger partial charge is 0.492 e. The number of ether oxygens (including phenoxy) is 2. The Morgan fingerprint density at radius 3 is 2.67 bits per heavy atom. The summed E-state index contributed by atoms with van der Waals surface area (Å²) in [5, 5.41) is 3.24. The zero-order valence-electron chi connectivity index (χ0n) is 17.2. The van der Waals surface area contributed by atoms with E-state index >= 15 is 0 Å². The van der Waals surface area contributed by atoms with Gasteiger partial charge in [0.2, 0.25) is 5.91 Å². The molecule has 152 valence electrons. The summed E-state index contributed by atoms with van der Waals surface area (Å²) in [6.45, 7) is 6.66. The van der Waals surface area contributed by atoms with Crippen LogP contribution in [-0.4, -0.2) is 32.2 Å². The first-order valence-corrected chi connectivity index (χ1v) is 10.4. The van der Waals surface area contributed by atoms with Gasteiger partial charge in [0, 0.05) is 41.4 Å². The summed E-state index contributed by atoms with van der Waals surface area (Å²) < 4.78 is 12.0. The van der Waals surface area contributed by atoms with Crippen LogP contribution in [-0.2, 0) is 15.6 Å². The summed E-state index contributed by atoms with van der Waals surface area (Å²) in [6.07, 6.45) is 6.00. The van der Waals surface area contributed by atoms with Crippen molar-refractivity contribution in [3.05, 3.63) is 77.0 Å². The van der Waals surface area contributed by atoms with E-state index < -0.39 is 5.41 Å². The topological polar surface area (TPSA) is 50.8 Å². The third-order valence-electron chi connectivity index (χ3n) is 6.80. The molecule has 5 heteroatoms. The molecule has 0 fully saturated rings. The van der Waals surface area contributed by atoms with E-state index in [-0.39, 0.29) is 11.3 Å². The van der Waals surface area contributed by atoms with Crippen molar-refractivity contribution in [2.24, 2.45) is 0 Å². The Hall–Kier alpha value is -3.21. The van der Waals surface area contributed by atoms with Crippen LogP contribution in [0.4, 0.5) is 5.69 Å². The number of fused-ring (bicyclic) bond motifs is 5. The molecule has 30 heavy (non-hydrogen) atoms. The van der Waals surface area contributed by atoms with Crippen LogP contribution in [0, 0.1) is 0 Å². The minimum absolute atomic E-state index is 0.0834. The van der Waals surface area contributed by atoms with Gasteiger partial charge in [0.1, 0.15) is 23.5 Å². The van der Waals surface area contributed by atoms with Crippen molar-refractivity contribution in [1.82, 2.24) is 5.32 Å². The van der Waals surface area contributed by atoms with Crippen LogP contribution in [0.25, 0.3) is 0 Å². The molecule has 1 amide bonds. The van der Waals surface area contributed by atoms with Gasteiger partial charge < -0.3 is 19.7 Å². The van der Waals surface area contributed by atoms with Crippen LogP contribution in [0.2, 0.25) is 0 Å². The SMILES string of the molecule is CC1(C)COc2cc3c(cc21)C1(CO3)C(=O)N(CC2=CC=CNC2)c2ccccc21. The summed E-state index contributed by atoms with van der Waals surface area (Å²) in [4.78, 5) is 16.0. The first-order valence-electron chi connectivity index (χ1n) is 10.4. The maximum absolute atomic E-state index is 14.0. The number of allylic oxidation sites excluding steroid dienone is 2. The minimum atomic E-state index is -0.794. The van der Waals surface area contributed by atoms with Gasteiger partial charge in [-0.15, -0.1) is 0 Å². The second-order valence-corrected chi connectivity index (χ2v) is 9.18. The monoisotopic (exact) mass is 400 g/mol. The van der Waals surface area contributed by atoms with Crippen molar-refractivity contribution >= 4 is 11.6 Å². The first-order chi connectivity index (χ1) is 14.5. The molecule has 6 rings (SSSR count). The van der Waals surface area contributed by atoms with E-state index in [9.17, 15) is 4.79 Å². The van der Waals surface area contributed by atoms with Gasteiger partial charge >= 0.3 is 0 Å². The molecule has 0 radical (unpaired) electrons. The van der Waals surface area contributed by atoms with Crippen LogP contribution in [0.1, 0.15) is 30.5 Å². The molecule has 2 aromatic carbocycles. The molecule has 1 N–H and O–H groups in total. The van der Waals surface area contributed by atoms with Crippen LogP contribution in [0.5, 0.6) is 11.5 Å². The van der Waals surface area contributed by atoms with E-state index in [0.717, 1.165) is 40.4 Å². The zero-order chi connectivity index (χ0) is 20.5. The Morgan fingerprint density at radius 2 is 1.83 bits per heavy atom. The van der Waals surface area contributed by atoms with Crippen molar-refractivity contribution in [2.45, 2.75) is 24.7 Å². The molecule has 1 atom stereocenters. The molecule has 0 saturated heterocycles. The maximum Gasteiger partial charge on any atom is 0.246 e. The second-order valence-electron chi connectivity index (χ2n) is 9.18. The second kappa shape index (κ2) is 5.91. The highest BCUT2D eigenvalue weighted by molar-refractivity contribution is 6.11. The van der Waals surface area contributed by atoms with Crippen molar-refractivity contribution < 1.29 is 14.3 Å². The van der Waals surface area contributed by atoms with E-state index in [1.165, 1.54) is 5.57 Å². The minimum Gasteiger partial charge on any atom is -0.492 e. The number of anilines is 1. The molecule has 0 saturated carbocycles. The lowest BCUT2D eigenvalue weighted by Gasteiger charge is -2.25. The van der Waals surface area contributed by atoms with Gasteiger partial charge in [-0.3, -0.25) is 4.79 Å². The summed E-state index contributed by atoms with van der Waals surface area (Å²) >= 11 is 0. The lowest BCUT2D eigenvalue weighted by Crippen LogP contribution is -2.43. The van der Waals surface area contributed by atoms with E-state index in [1.807, 2.05) is 41.4 Å². The zero-order valence-corrected chi connectivity index (χ0v) is 17.2. The Bertz CT molecular complexity index is 1150. The molecule has 4 aliphatic rings. The summed E-state index contributed by atoms with van der Waals surface area (Å²) in [6, 6.07) is 12.3. The molecule has 4 aliphatic heterocycles. The Morgan fingerprint density at radius 1 is 1.03 bits per heavy atom. The van der Waals surface area contributed by atoms with Gasteiger partial charge in [0.05, 0.1) is 6.61 Å². The van der Waals surface area contributed by atoms with E-state index in [1.54, 1.807) is 0 Å². The van der Waals surface area contributed by atoms with Crippen molar-refractivity contribution in [3.63, 3.8) is 0 Å². The Balaban J connectivity index is 1.51. The van der Waals surface area contributed by atoms with E-state index in [2.05, 4.69) is 37.4 Å². The molecule has 1 unspecified atom stereocenters. The van der Waals surface area contributed by atoms with Gasteiger partial charge in [-0.25, -0.2) is 0 Å². The molecule has 1 spiro atoms. The number of para-hydroxylation sites is 1. The predicted molar refractivity (Wildman–Crippen MR) is 115 cm³/mol. The molecule has 0 aromatic heterocycles. The van der Waals surface area contributed by atoms with E-state index in [4.69, 9.17) is 9.47 Å². The lowest BCUT2D eigenvalue weighted by atomic mass is 9.75. The number of hydrogen-bond donors (Lipinski definition) is 1. The van der Waals surface area contributed by atoms with Gasteiger partial charge in [-0.2, -0.15) is 0 Å². The molecular formula is C25H24N2O3. The third-order valence-corrected chi connectivity index (χ3v) is 6.80. The van der Waals surface area contributed by atoms with Gasteiger partial charge in [0.25, 0.3) is 0 Å². The van der Waals surface area contributed by atoms with Crippen LogP contribution in [0.3, 0.4) is 0 Å². The summed E-state index contributed by atoms with van der Waals surface area (Å²) in [5.41, 5.74) is 4.43. The summed E-state index contributed by atoms with van der Waals surface area (Å²) in [5.74, 6) is 1.73. The molecular weight excluding hydrogens is 376 g/mol. The van der Waals surface area contributed by atoms with Gasteiger partial charge in [0.15, 0.2) is 0 Å². The number of amides is 1.